The molecule has 0 spiro atoms. The van der Waals surface area contributed by atoms with Crippen molar-refractivity contribution < 1.29 is 14.0 Å². The summed E-state index contributed by atoms with van der Waals surface area (Å²) < 4.78 is 5.41. The number of nitrogens with zero attached hydrogens (tertiary/aromatic N) is 2. The number of likely N-dealkylation sites (tertiary alicyclic amines) is 1. The van der Waals surface area contributed by atoms with E-state index in [0.717, 1.165) is 29.7 Å². The molecule has 29 heavy (non-hydrogen) atoms. The van der Waals surface area contributed by atoms with Crippen molar-refractivity contribution in [3.8, 4) is 11.3 Å². The lowest BCUT2D eigenvalue weighted by Gasteiger charge is -2.32. The van der Waals surface area contributed by atoms with Crippen LogP contribution in [0.25, 0.3) is 11.3 Å². The summed E-state index contributed by atoms with van der Waals surface area (Å²) in [5, 5.41) is 2.96. The van der Waals surface area contributed by atoms with Crippen molar-refractivity contribution in [3.05, 3.63) is 72.2 Å². The maximum atomic E-state index is 13.0. The fourth-order valence-electron chi connectivity index (χ4n) is 3.56. The van der Waals surface area contributed by atoms with Crippen molar-refractivity contribution >= 4 is 17.5 Å². The topological polar surface area (TPSA) is 75.4 Å². The molecule has 1 aliphatic heterocycles. The minimum atomic E-state index is -0.234. The van der Waals surface area contributed by atoms with Crippen molar-refractivity contribution in [2.24, 2.45) is 5.92 Å². The van der Waals surface area contributed by atoms with Crippen LogP contribution < -0.4 is 5.32 Å². The number of aryl methyl sites for hydroxylation is 1. The summed E-state index contributed by atoms with van der Waals surface area (Å²) in [7, 11) is 0. The van der Waals surface area contributed by atoms with Gasteiger partial charge >= 0.3 is 0 Å². The molecule has 3 heterocycles. The van der Waals surface area contributed by atoms with Gasteiger partial charge in [-0.25, -0.2) is 0 Å². The maximum Gasteiger partial charge on any atom is 0.272 e. The SMILES string of the molecule is Cc1ccc(NC(=O)C2CCCN(C(=O)c3cc(-c4ccco4)ccn3)C2)cc1. The van der Waals surface area contributed by atoms with E-state index in [1.54, 1.807) is 29.5 Å². The van der Waals surface area contributed by atoms with Gasteiger partial charge in [0, 0.05) is 30.5 Å². The fourth-order valence-corrected chi connectivity index (χ4v) is 3.56. The van der Waals surface area contributed by atoms with E-state index in [1.165, 1.54) is 0 Å². The van der Waals surface area contributed by atoms with Gasteiger partial charge in [-0.2, -0.15) is 0 Å². The minimum Gasteiger partial charge on any atom is -0.464 e. The van der Waals surface area contributed by atoms with E-state index in [-0.39, 0.29) is 17.7 Å². The summed E-state index contributed by atoms with van der Waals surface area (Å²) in [6.45, 7) is 3.02. The average molecular weight is 389 g/mol. The molecule has 1 aliphatic rings. The first-order valence-corrected chi connectivity index (χ1v) is 9.77. The Bertz CT molecular complexity index is 996. The zero-order chi connectivity index (χ0) is 20.2. The van der Waals surface area contributed by atoms with Crippen LogP contribution in [0.15, 0.2) is 65.4 Å². The maximum absolute atomic E-state index is 13.0. The summed E-state index contributed by atoms with van der Waals surface area (Å²) in [6, 6.07) is 14.9. The number of pyridine rings is 1. The Labute approximate surface area is 169 Å². The molecule has 1 N–H and O–H groups in total. The van der Waals surface area contributed by atoms with E-state index in [4.69, 9.17) is 4.42 Å². The molecule has 0 saturated carbocycles. The summed E-state index contributed by atoms with van der Waals surface area (Å²) >= 11 is 0. The molecule has 1 atom stereocenters. The Morgan fingerprint density at radius 1 is 1.17 bits per heavy atom. The van der Waals surface area contributed by atoms with Gasteiger partial charge in [-0.1, -0.05) is 17.7 Å². The molecule has 2 aromatic heterocycles. The standard InChI is InChI=1S/C23H23N3O3/c1-16-6-8-19(9-7-16)25-22(27)18-4-2-12-26(15-18)23(28)20-14-17(10-11-24-20)21-5-3-13-29-21/h3,5-11,13-14,18H,2,4,12,15H2,1H3,(H,25,27). The van der Waals surface area contributed by atoms with E-state index in [2.05, 4.69) is 10.3 Å². The Kier molecular flexibility index (Phi) is 5.42. The van der Waals surface area contributed by atoms with Gasteiger partial charge in [0.1, 0.15) is 11.5 Å². The van der Waals surface area contributed by atoms with Gasteiger partial charge < -0.3 is 14.6 Å². The molecular formula is C23H23N3O3. The zero-order valence-corrected chi connectivity index (χ0v) is 16.3. The molecule has 6 nitrogen and oxygen atoms in total. The van der Waals surface area contributed by atoms with Crippen LogP contribution in [0.3, 0.4) is 0 Å². The highest BCUT2D eigenvalue weighted by molar-refractivity contribution is 5.95. The van der Waals surface area contributed by atoms with Gasteiger partial charge in [0.2, 0.25) is 5.91 Å². The molecule has 0 bridgehead atoms. The number of furan rings is 1. The first kappa shape index (κ1) is 18.9. The van der Waals surface area contributed by atoms with E-state index in [0.29, 0.717) is 24.5 Å². The Morgan fingerprint density at radius 3 is 2.76 bits per heavy atom. The lowest BCUT2D eigenvalue weighted by Crippen LogP contribution is -2.44. The third-order valence-electron chi connectivity index (χ3n) is 5.18. The molecule has 1 fully saturated rings. The molecule has 1 unspecified atom stereocenters. The molecule has 148 valence electrons. The van der Waals surface area contributed by atoms with Gasteiger partial charge in [0.05, 0.1) is 12.2 Å². The number of piperidine rings is 1. The smallest absolute Gasteiger partial charge is 0.272 e. The molecule has 6 heteroatoms. The lowest BCUT2D eigenvalue weighted by molar-refractivity contribution is -0.121. The van der Waals surface area contributed by atoms with Gasteiger partial charge in [-0.05, 0) is 56.2 Å². The van der Waals surface area contributed by atoms with Gasteiger partial charge in [0.15, 0.2) is 0 Å². The molecule has 2 amide bonds. The molecule has 0 radical (unpaired) electrons. The van der Waals surface area contributed by atoms with Gasteiger partial charge in [-0.3, -0.25) is 14.6 Å². The first-order valence-electron chi connectivity index (χ1n) is 9.77. The van der Waals surface area contributed by atoms with E-state index >= 15 is 0 Å². The second-order valence-corrected chi connectivity index (χ2v) is 7.35. The molecule has 1 aromatic carbocycles. The number of nitrogens with one attached hydrogen (secondary N) is 1. The number of hydrogen-bond acceptors (Lipinski definition) is 4. The number of aromatic nitrogens is 1. The predicted molar refractivity (Wildman–Crippen MR) is 110 cm³/mol. The normalized spacial score (nSPS) is 16.4. The van der Waals surface area contributed by atoms with Crippen LogP contribution in [0.1, 0.15) is 28.9 Å². The number of benzene rings is 1. The third-order valence-corrected chi connectivity index (χ3v) is 5.18. The minimum absolute atomic E-state index is 0.0522. The number of amides is 2. The fraction of sp³-hybridized carbons (Fsp3) is 0.261. The highest BCUT2D eigenvalue weighted by Gasteiger charge is 2.29. The van der Waals surface area contributed by atoms with E-state index in [1.807, 2.05) is 43.3 Å². The van der Waals surface area contributed by atoms with E-state index in [9.17, 15) is 9.59 Å². The number of carbonyl (C=O) groups excluding carboxylic acids is 2. The van der Waals surface area contributed by atoms with Crippen LogP contribution in [-0.2, 0) is 4.79 Å². The first-order chi connectivity index (χ1) is 14.1. The Balaban J connectivity index is 1.44. The van der Waals surface area contributed by atoms with Crippen LogP contribution in [0.4, 0.5) is 5.69 Å². The Morgan fingerprint density at radius 2 is 2.00 bits per heavy atom. The average Bonchev–Trinajstić information content (AvgIpc) is 3.30. The monoisotopic (exact) mass is 389 g/mol. The summed E-state index contributed by atoms with van der Waals surface area (Å²) in [4.78, 5) is 31.6. The van der Waals surface area contributed by atoms with Gasteiger partial charge in [0.25, 0.3) is 5.91 Å². The highest BCUT2D eigenvalue weighted by atomic mass is 16.3. The van der Waals surface area contributed by atoms with Crippen LogP contribution in [0, 0.1) is 12.8 Å². The predicted octanol–water partition coefficient (Wildman–Crippen LogP) is 4.14. The zero-order valence-electron chi connectivity index (χ0n) is 16.3. The molecule has 0 aliphatic carbocycles. The van der Waals surface area contributed by atoms with E-state index < -0.39 is 0 Å². The van der Waals surface area contributed by atoms with Crippen molar-refractivity contribution in [1.29, 1.82) is 0 Å². The molecular weight excluding hydrogens is 366 g/mol. The van der Waals surface area contributed by atoms with Crippen molar-refractivity contribution in [1.82, 2.24) is 9.88 Å². The molecule has 3 aromatic rings. The Hall–Kier alpha value is -3.41. The third kappa shape index (κ3) is 4.37. The summed E-state index contributed by atoms with van der Waals surface area (Å²) in [5.74, 6) is 0.243. The van der Waals surface area contributed by atoms with Crippen LogP contribution in [0.2, 0.25) is 0 Å². The van der Waals surface area contributed by atoms with Crippen LogP contribution in [-0.4, -0.2) is 34.8 Å². The number of hydrogen-bond donors (Lipinski definition) is 1. The molecule has 1 saturated heterocycles. The second-order valence-electron chi connectivity index (χ2n) is 7.35. The second kappa shape index (κ2) is 8.31. The highest BCUT2D eigenvalue weighted by Crippen LogP contribution is 2.23. The lowest BCUT2D eigenvalue weighted by atomic mass is 9.96. The van der Waals surface area contributed by atoms with Crippen molar-refractivity contribution in [2.75, 3.05) is 18.4 Å². The number of rotatable bonds is 4. The summed E-state index contributed by atoms with van der Waals surface area (Å²) in [5.41, 5.74) is 3.08. The largest absolute Gasteiger partial charge is 0.464 e. The molecule has 4 rings (SSSR count). The summed E-state index contributed by atoms with van der Waals surface area (Å²) in [6.07, 6.45) is 4.76. The van der Waals surface area contributed by atoms with Crippen LogP contribution >= 0.6 is 0 Å². The van der Waals surface area contributed by atoms with Crippen molar-refractivity contribution in [3.63, 3.8) is 0 Å². The quantitative estimate of drug-likeness (QED) is 0.728. The number of anilines is 1. The van der Waals surface area contributed by atoms with Crippen LogP contribution in [0.5, 0.6) is 0 Å². The van der Waals surface area contributed by atoms with Crippen molar-refractivity contribution in [2.45, 2.75) is 19.8 Å². The van der Waals surface area contributed by atoms with Gasteiger partial charge in [-0.15, -0.1) is 0 Å². The number of carbonyl (C=O) groups is 2.